The summed E-state index contributed by atoms with van der Waals surface area (Å²) in [5.74, 6) is 0.191. The van der Waals surface area contributed by atoms with E-state index >= 15 is 0 Å². The number of nitrogens with two attached hydrogens (primary N) is 1. The lowest BCUT2D eigenvalue weighted by atomic mass is 9.68. The summed E-state index contributed by atoms with van der Waals surface area (Å²) in [4.78, 5) is 12.8. The van der Waals surface area contributed by atoms with Crippen LogP contribution in [0.2, 0.25) is 0 Å². The second-order valence-electron chi connectivity index (χ2n) is 5.91. The molecule has 0 bridgehead atoms. The van der Waals surface area contributed by atoms with Crippen LogP contribution in [0.4, 0.5) is 0 Å². The van der Waals surface area contributed by atoms with Crippen molar-refractivity contribution in [3.05, 3.63) is 35.4 Å². The Labute approximate surface area is 134 Å². The molecule has 1 saturated carbocycles. The smallest absolute Gasteiger partial charge is 0.230 e. The standard InChI is InChI=1S/C17H26N2O.ClH/c1-14-7-5-8-15(13-14)17(9-3-2-4-10-17)16(20)19-12-6-11-18;/h5,7-8,13H,2-4,6,9-12,18H2,1H3,(H,19,20);1H. The average molecular weight is 311 g/mol. The molecule has 1 aliphatic rings. The molecule has 0 unspecified atom stereocenters. The van der Waals surface area contributed by atoms with Crippen molar-refractivity contribution in [1.82, 2.24) is 5.32 Å². The van der Waals surface area contributed by atoms with Gasteiger partial charge in [0.05, 0.1) is 5.41 Å². The van der Waals surface area contributed by atoms with Crippen molar-refractivity contribution in [1.29, 1.82) is 0 Å². The molecule has 0 saturated heterocycles. The highest BCUT2D eigenvalue weighted by Gasteiger charge is 2.40. The molecule has 21 heavy (non-hydrogen) atoms. The zero-order chi connectivity index (χ0) is 14.4. The van der Waals surface area contributed by atoms with Gasteiger partial charge >= 0.3 is 0 Å². The van der Waals surface area contributed by atoms with E-state index in [1.54, 1.807) is 0 Å². The molecule has 3 N–H and O–H groups in total. The van der Waals surface area contributed by atoms with Crippen molar-refractivity contribution in [2.75, 3.05) is 13.1 Å². The van der Waals surface area contributed by atoms with Gasteiger partial charge in [-0.1, -0.05) is 49.1 Å². The number of hydrogen-bond donors (Lipinski definition) is 2. The summed E-state index contributed by atoms with van der Waals surface area (Å²) in [7, 11) is 0. The number of halogens is 1. The zero-order valence-corrected chi connectivity index (χ0v) is 13.7. The van der Waals surface area contributed by atoms with E-state index in [0.29, 0.717) is 13.1 Å². The van der Waals surface area contributed by atoms with Crippen molar-refractivity contribution in [3.8, 4) is 0 Å². The van der Waals surface area contributed by atoms with Crippen molar-refractivity contribution in [2.24, 2.45) is 5.73 Å². The van der Waals surface area contributed by atoms with Crippen LogP contribution in [0.3, 0.4) is 0 Å². The highest BCUT2D eigenvalue weighted by molar-refractivity contribution is 5.88. The maximum atomic E-state index is 12.8. The first kappa shape index (κ1) is 18.0. The quantitative estimate of drug-likeness (QED) is 0.821. The highest BCUT2D eigenvalue weighted by Crippen LogP contribution is 2.40. The summed E-state index contributed by atoms with van der Waals surface area (Å²) in [5, 5.41) is 3.09. The van der Waals surface area contributed by atoms with Crippen LogP contribution in [0, 0.1) is 6.92 Å². The van der Waals surface area contributed by atoms with Crippen LogP contribution in [-0.2, 0) is 10.2 Å². The Balaban J connectivity index is 0.00000220. The highest BCUT2D eigenvalue weighted by atomic mass is 35.5. The van der Waals surface area contributed by atoms with Crippen molar-refractivity contribution < 1.29 is 4.79 Å². The van der Waals surface area contributed by atoms with E-state index in [4.69, 9.17) is 5.73 Å². The summed E-state index contributed by atoms with van der Waals surface area (Å²) in [6.45, 7) is 3.40. The van der Waals surface area contributed by atoms with Gasteiger partial charge in [-0.15, -0.1) is 12.4 Å². The number of nitrogens with one attached hydrogen (secondary N) is 1. The largest absolute Gasteiger partial charge is 0.355 e. The van der Waals surface area contributed by atoms with Crippen molar-refractivity contribution >= 4 is 18.3 Å². The maximum Gasteiger partial charge on any atom is 0.230 e. The average Bonchev–Trinajstić information content (AvgIpc) is 2.48. The van der Waals surface area contributed by atoms with Crippen molar-refractivity contribution in [3.63, 3.8) is 0 Å². The molecule has 0 atom stereocenters. The fraction of sp³-hybridized carbons (Fsp3) is 0.588. The third-order valence-corrected chi connectivity index (χ3v) is 4.38. The monoisotopic (exact) mass is 310 g/mol. The van der Waals surface area contributed by atoms with Crippen LogP contribution in [0.1, 0.15) is 49.7 Å². The number of amides is 1. The number of hydrogen-bond acceptors (Lipinski definition) is 2. The van der Waals surface area contributed by atoms with Crippen LogP contribution >= 0.6 is 12.4 Å². The molecule has 1 fully saturated rings. The van der Waals surface area contributed by atoms with Crippen LogP contribution in [0.5, 0.6) is 0 Å². The molecule has 2 rings (SSSR count). The molecule has 118 valence electrons. The first-order valence-corrected chi connectivity index (χ1v) is 7.74. The van der Waals surface area contributed by atoms with E-state index in [1.807, 2.05) is 0 Å². The number of benzene rings is 1. The van der Waals surface area contributed by atoms with Gasteiger partial charge in [0.1, 0.15) is 0 Å². The Kier molecular flexibility index (Phi) is 7.20. The van der Waals surface area contributed by atoms with Gasteiger partial charge in [0.15, 0.2) is 0 Å². The molecule has 4 heteroatoms. The molecule has 0 spiro atoms. The molecular weight excluding hydrogens is 284 g/mol. The Morgan fingerprint density at radius 3 is 2.62 bits per heavy atom. The topological polar surface area (TPSA) is 55.1 Å². The Morgan fingerprint density at radius 1 is 1.29 bits per heavy atom. The second kappa shape index (κ2) is 8.40. The molecule has 0 heterocycles. The Bertz CT molecular complexity index is 456. The number of rotatable bonds is 5. The molecule has 0 radical (unpaired) electrons. The predicted octanol–water partition coefficient (Wildman–Crippen LogP) is 3.08. The van der Waals surface area contributed by atoms with Gasteiger partial charge in [0.2, 0.25) is 5.91 Å². The number of carbonyl (C=O) groups is 1. The Hall–Kier alpha value is -1.06. The van der Waals surface area contributed by atoms with E-state index in [9.17, 15) is 4.79 Å². The van der Waals surface area contributed by atoms with Crippen LogP contribution < -0.4 is 11.1 Å². The van der Waals surface area contributed by atoms with Gasteiger partial charge < -0.3 is 11.1 Å². The van der Waals surface area contributed by atoms with Crippen LogP contribution in [0.25, 0.3) is 0 Å². The minimum Gasteiger partial charge on any atom is -0.355 e. The summed E-state index contributed by atoms with van der Waals surface area (Å²) in [5.41, 5.74) is 7.59. The lowest BCUT2D eigenvalue weighted by molar-refractivity contribution is -0.128. The lowest BCUT2D eigenvalue weighted by Crippen LogP contribution is -2.46. The fourth-order valence-electron chi connectivity index (χ4n) is 3.22. The van der Waals surface area contributed by atoms with Gasteiger partial charge in [-0.05, 0) is 38.3 Å². The van der Waals surface area contributed by atoms with Gasteiger partial charge in [-0.2, -0.15) is 0 Å². The Morgan fingerprint density at radius 2 is 2.00 bits per heavy atom. The molecule has 1 amide bonds. The van der Waals surface area contributed by atoms with Crippen molar-refractivity contribution in [2.45, 2.75) is 50.9 Å². The van der Waals surface area contributed by atoms with E-state index in [0.717, 1.165) is 32.1 Å². The summed E-state index contributed by atoms with van der Waals surface area (Å²) >= 11 is 0. The first-order valence-electron chi connectivity index (χ1n) is 7.74. The third kappa shape index (κ3) is 4.21. The van der Waals surface area contributed by atoms with Crippen LogP contribution in [0.15, 0.2) is 24.3 Å². The predicted molar refractivity (Wildman–Crippen MR) is 89.9 cm³/mol. The van der Waals surface area contributed by atoms with E-state index in [1.165, 1.54) is 17.5 Å². The molecule has 1 aromatic rings. The SMILES string of the molecule is Cc1cccc(C2(C(=O)NCCCN)CCCCC2)c1.Cl. The first-order chi connectivity index (χ1) is 9.69. The summed E-state index contributed by atoms with van der Waals surface area (Å²) in [6, 6.07) is 8.44. The minimum absolute atomic E-state index is 0. The third-order valence-electron chi connectivity index (χ3n) is 4.38. The van der Waals surface area contributed by atoms with Gasteiger partial charge in [-0.25, -0.2) is 0 Å². The van der Waals surface area contributed by atoms with Crippen LogP contribution in [-0.4, -0.2) is 19.0 Å². The summed E-state index contributed by atoms with van der Waals surface area (Å²) in [6.07, 6.45) is 6.28. The molecule has 1 aromatic carbocycles. The zero-order valence-electron chi connectivity index (χ0n) is 12.9. The van der Waals surface area contributed by atoms with Gasteiger partial charge in [-0.3, -0.25) is 4.79 Å². The lowest BCUT2D eigenvalue weighted by Gasteiger charge is -2.36. The van der Waals surface area contributed by atoms with E-state index in [-0.39, 0.29) is 23.7 Å². The molecule has 3 nitrogen and oxygen atoms in total. The van der Waals surface area contributed by atoms with E-state index < -0.39 is 0 Å². The minimum atomic E-state index is -0.321. The normalized spacial score (nSPS) is 16.9. The molecule has 0 aliphatic heterocycles. The fourth-order valence-corrected chi connectivity index (χ4v) is 3.22. The van der Waals surface area contributed by atoms with Gasteiger partial charge in [0.25, 0.3) is 0 Å². The molecule has 1 aliphatic carbocycles. The maximum absolute atomic E-state index is 12.8. The molecular formula is C17H27ClN2O. The van der Waals surface area contributed by atoms with E-state index in [2.05, 4.69) is 36.5 Å². The number of carbonyl (C=O) groups excluding carboxylic acids is 1. The molecule has 0 aromatic heterocycles. The van der Waals surface area contributed by atoms with Gasteiger partial charge in [0, 0.05) is 6.54 Å². The second-order valence-corrected chi connectivity index (χ2v) is 5.91. The summed E-state index contributed by atoms with van der Waals surface area (Å²) < 4.78 is 0. The number of aryl methyl sites for hydroxylation is 1.